The number of carbonyl (C=O) groups is 1. The van der Waals surface area contributed by atoms with E-state index in [-0.39, 0.29) is 12.5 Å². The van der Waals surface area contributed by atoms with E-state index in [9.17, 15) is 4.79 Å². The summed E-state index contributed by atoms with van der Waals surface area (Å²) in [5.41, 5.74) is 0.712. The number of carbonyl (C=O) groups excluding carboxylic acids is 1. The van der Waals surface area contributed by atoms with Crippen LogP contribution < -0.4 is 10.6 Å². The number of aromatic nitrogens is 1. The summed E-state index contributed by atoms with van der Waals surface area (Å²) < 4.78 is 0. The summed E-state index contributed by atoms with van der Waals surface area (Å²) in [6.45, 7) is 2.91. The van der Waals surface area contributed by atoms with Crippen molar-refractivity contribution in [3.05, 3.63) is 18.3 Å². The van der Waals surface area contributed by atoms with Crippen molar-refractivity contribution in [1.82, 2.24) is 4.98 Å². The molecule has 5 heteroatoms. The molecule has 1 heterocycles. The highest BCUT2D eigenvalue weighted by Crippen LogP contribution is 2.10. The number of nitrogens with zero attached hydrogens (tertiary/aromatic N) is 1. The molecule has 18 heavy (non-hydrogen) atoms. The van der Waals surface area contributed by atoms with Crippen LogP contribution in [0.25, 0.3) is 0 Å². The van der Waals surface area contributed by atoms with Crippen LogP contribution in [0.4, 0.5) is 11.5 Å². The Balaban J connectivity index is 2.37. The third-order valence-corrected chi connectivity index (χ3v) is 2.45. The standard InChI is InChI=1S/C13H21N3O2/c1-2-3-5-13(18)16-11-6-7-12(15-10-11)14-8-4-9-17/h6-7,10,17H,2-5,8-9H2,1H3,(H,14,15)(H,16,18). The number of hydrogen-bond donors (Lipinski definition) is 3. The van der Waals surface area contributed by atoms with Crippen molar-refractivity contribution in [1.29, 1.82) is 0 Å². The van der Waals surface area contributed by atoms with Crippen LogP contribution in [0.5, 0.6) is 0 Å². The predicted octanol–water partition coefficient (Wildman–Crippen LogP) is 2.00. The fourth-order valence-electron chi connectivity index (χ4n) is 1.43. The lowest BCUT2D eigenvalue weighted by Gasteiger charge is -2.07. The second-order valence-electron chi connectivity index (χ2n) is 4.09. The van der Waals surface area contributed by atoms with Gasteiger partial charge in [-0.05, 0) is 25.0 Å². The first kappa shape index (κ1) is 14.4. The van der Waals surface area contributed by atoms with Crippen LogP contribution in [0.1, 0.15) is 32.6 Å². The first-order valence-electron chi connectivity index (χ1n) is 6.37. The number of nitrogens with one attached hydrogen (secondary N) is 2. The maximum Gasteiger partial charge on any atom is 0.224 e. The predicted molar refractivity (Wildman–Crippen MR) is 72.6 cm³/mol. The van der Waals surface area contributed by atoms with Gasteiger partial charge in [0.1, 0.15) is 5.82 Å². The van der Waals surface area contributed by atoms with E-state index in [0.29, 0.717) is 25.1 Å². The molecule has 5 nitrogen and oxygen atoms in total. The summed E-state index contributed by atoms with van der Waals surface area (Å²) in [4.78, 5) is 15.7. The largest absolute Gasteiger partial charge is 0.396 e. The van der Waals surface area contributed by atoms with Crippen molar-refractivity contribution >= 4 is 17.4 Å². The molecule has 0 saturated heterocycles. The highest BCUT2D eigenvalue weighted by Gasteiger charge is 2.01. The van der Waals surface area contributed by atoms with Crippen LogP contribution in [0.2, 0.25) is 0 Å². The Hall–Kier alpha value is -1.62. The number of amides is 1. The fourth-order valence-corrected chi connectivity index (χ4v) is 1.43. The Morgan fingerprint density at radius 3 is 2.83 bits per heavy atom. The molecule has 0 spiro atoms. The second kappa shape index (κ2) is 8.47. The third kappa shape index (κ3) is 5.63. The minimum Gasteiger partial charge on any atom is -0.396 e. The van der Waals surface area contributed by atoms with Crippen LogP contribution in [0, 0.1) is 0 Å². The smallest absolute Gasteiger partial charge is 0.224 e. The van der Waals surface area contributed by atoms with E-state index in [1.807, 2.05) is 12.1 Å². The van der Waals surface area contributed by atoms with E-state index in [2.05, 4.69) is 22.5 Å². The van der Waals surface area contributed by atoms with Gasteiger partial charge in [0.15, 0.2) is 0 Å². The van der Waals surface area contributed by atoms with E-state index in [1.165, 1.54) is 0 Å². The van der Waals surface area contributed by atoms with E-state index < -0.39 is 0 Å². The highest BCUT2D eigenvalue weighted by molar-refractivity contribution is 5.90. The quantitative estimate of drug-likeness (QED) is 0.618. The second-order valence-corrected chi connectivity index (χ2v) is 4.09. The first-order valence-corrected chi connectivity index (χ1v) is 6.37. The van der Waals surface area contributed by atoms with Crippen molar-refractivity contribution in [3.63, 3.8) is 0 Å². The van der Waals surface area contributed by atoms with Gasteiger partial charge in [-0.3, -0.25) is 4.79 Å². The number of hydrogen-bond acceptors (Lipinski definition) is 4. The number of rotatable bonds is 8. The van der Waals surface area contributed by atoms with Gasteiger partial charge in [0.05, 0.1) is 11.9 Å². The summed E-state index contributed by atoms with van der Waals surface area (Å²) in [6.07, 6.45) is 4.79. The van der Waals surface area contributed by atoms with E-state index in [1.54, 1.807) is 6.20 Å². The lowest BCUT2D eigenvalue weighted by molar-refractivity contribution is -0.116. The van der Waals surface area contributed by atoms with Gasteiger partial charge in [0.25, 0.3) is 0 Å². The SMILES string of the molecule is CCCCC(=O)Nc1ccc(NCCCO)nc1. The van der Waals surface area contributed by atoms with E-state index in [0.717, 1.165) is 18.7 Å². The van der Waals surface area contributed by atoms with Gasteiger partial charge in [0, 0.05) is 19.6 Å². The molecule has 0 aliphatic carbocycles. The molecule has 0 fully saturated rings. The Kier molecular flexibility index (Phi) is 6.79. The molecule has 1 aromatic rings. The van der Waals surface area contributed by atoms with Crippen molar-refractivity contribution in [2.24, 2.45) is 0 Å². The van der Waals surface area contributed by atoms with Crippen molar-refractivity contribution in [2.75, 3.05) is 23.8 Å². The van der Waals surface area contributed by atoms with Gasteiger partial charge in [0.2, 0.25) is 5.91 Å². The van der Waals surface area contributed by atoms with Gasteiger partial charge >= 0.3 is 0 Å². The maximum absolute atomic E-state index is 11.5. The Morgan fingerprint density at radius 1 is 1.39 bits per heavy atom. The molecule has 0 bridgehead atoms. The molecular weight excluding hydrogens is 230 g/mol. The van der Waals surface area contributed by atoms with Crippen LogP contribution in [0.15, 0.2) is 18.3 Å². The van der Waals surface area contributed by atoms with E-state index in [4.69, 9.17) is 5.11 Å². The third-order valence-electron chi connectivity index (χ3n) is 2.45. The lowest BCUT2D eigenvalue weighted by Crippen LogP contribution is -2.11. The maximum atomic E-state index is 11.5. The fraction of sp³-hybridized carbons (Fsp3) is 0.538. The molecule has 0 unspecified atom stereocenters. The Labute approximate surface area is 108 Å². The molecule has 0 aliphatic rings. The highest BCUT2D eigenvalue weighted by atomic mass is 16.3. The molecule has 0 atom stereocenters. The molecule has 3 N–H and O–H groups in total. The normalized spacial score (nSPS) is 10.1. The van der Waals surface area contributed by atoms with Gasteiger partial charge in [-0.15, -0.1) is 0 Å². The summed E-state index contributed by atoms with van der Waals surface area (Å²) in [6, 6.07) is 3.63. The minimum atomic E-state index is 0.0274. The number of pyridine rings is 1. The van der Waals surface area contributed by atoms with Crippen LogP contribution in [-0.4, -0.2) is 29.1 Å². The van der Waals surface area contributed by atoms with Crippen molar-refractivity contribution in [3.8, 4) is 0 Å². The van der Waals surface area contributed by atoms with Gasteiger partial charge < -0.3 is 15.7 Å². The van der Waals surface area contributed by atoms with Crippen molar-refractivity contribution < 1.29 is 9.90 Å². The molecule has 1 rings (SSSR count). The zero-order valence-electron chi connectivity index (χ0n) is 10.8. The number of aliphatic hydroxyl groups is 1. The van der Waals surface area contributed by atoms with Crippen LogP contribution in [-0.2, 0) is 4.79 Å². The Bertz CT molecular complexity index is 352. The number of anilines is 2. The monoisotopic (exact) mass is 251 g/mol. The molecule has 0 radical (unpaired) electrons. The van der Waals surface area contributed by atoms with Gasteiger partial charge in [-0.2, -0.15) is 0 Å². The summed E-state index contributed by atoms with van der Waals surface area (Å²) in [7, 11) is 0. The van der Waals surface area contributed by atoms with E-state index >= 15 is 0 Å². The van der Waals surface area contributed by atoms with Crippen LogP contribution >= 0.6 is 0 Å². The molecular formula is C13H21N3O2. The molecule has 100 valence electrons. The van der Waals surface area contributed by atoms with Crippen LogP contribution in [0.3, 0.4) is 0 Å². The molecule has 0 aliphatic heterocycles. The topological polar surface area (TPSA) is 74.2 Å². The van der Waals surface area contributed by atoms with Gasteiger partial charge in [-0.25, -0.2) is 4.98 Å². The summed E-state index contributed by atoms with van der Waals surface area (Å²) >= 11 is 0. The summed E-state index contributed by atoms with van der Waals surface area (Å²) in [5, 5.41) is 14.5. The average molecular weight is 251 g/mol. The molecule has 0 aromatic carbocycles. The zero-order valence-corrected chi connectivity index (χ0v) is 10.8. The Morgan fingerprint density at radius 2 is 2.22 bits per heavy atom. The molecule has 0 saturated carbocycles. The first-order chi connectivity index (χ1) is 8.76. The van der Waals surface area contributed by atoms with Crippen molar-refractivity contribution in [2.45, 2.75) is 32.6 Å². The zero-order chi connectivity index (χ0) is 13.2. The lowest BCUT2D eigenvalue weighted by atomic mass is 10.2. The number of aliphatic hydroxyl groups excluding tert-OH is 1. The summed E-state index contributed by atoms with van der Waals surface area (Å²) in [5.74, 6) is 0.773. The minimum absolute atomic E-state index is 0.0274. The average Bonchev–Trinajstić information content (AvgIpc) is 2.39. The van der Waals surface area contributed by atoms with Gasteiger partial charge in [-0.1, -0.05) is 13.3 Å². The molecule has 1 aromatic heterocycles. The number of unbranched alkanes of at least 4 members (excludes halogenated alkanes) is 1. The molecule has 1 amide bonds.